The van der Waals surface area contributed by atoms with Crippen molar-refractivity contribution in [3.63, 3.8) is 0 Å². The molecular weight excluding hydrogens is 216 g/mol. The maximum atomic E-state index is 12.0. The Balaban J connectivity index is 2.22. The van der Waals surface area contributed by atoms with Gasteiger partial charge in [-0.1, -0.05) is 16.8 Å². The number of rotatable bonds is 3. The van der Waals surface area contributed by atoms with Crippen LogP contribution in [-0.2, 0) is 13.5 Å². The van der Waals surface area contributed by atoms with Crippen molar-refractivity contribution in [1.82, 2.24) is 15.0 Å². The molecule has 0 aliphatic rings. The standard InChI is InChI=1S/C12H14N4O/c1-8-3-4-11(13)10(5-8)12(17)6-9-7-16(2)15-14-9/h3-5,7H,6,13H2,1-2H3. The summed E-state index contributed by atoms with van der Waals surface area (Å²) in [4.78, 5) is 12.0. The Hall–Kier alpha value is -2.17. The van der Waals surface area contributed by atoms with Crippen LogP contribution < -0.4 is 5.73 Å². The van der Waals surface area contributed by atoms with Crippen molar-refractivity contribution in [3.05, 3.63) is 41.2 Å². The van der Waals surface area contributed by atoms with Gasteiger partial charge in [0.05, 0.1) is 12.1 Å². The second-order valence-corrected chi connectivity index (χ2v) is 4.07. The lowest BCUT2D eigenvalue weighted by Gasteiger charge is -2.04. The summed E-state index contributed by atoms with van der Waals surface area (Å²) in [5.41, 5.74) is 8.51. The first-order valence-corrected chi connectivity index (χ1v) is 5.31. The largest absolute Gasteiger partial charge is 0.398 e. The number of ketones is 1. The minimum Gasteiger partial charge on any atom is -0.398 e. The average molecular weight is 230 g/mol. The quantitative estimate of drug-likeness (QED) is 0.633. The van der Waals surface area contributed by atoms with E-state index in [1.54, 1.807) is 30.1 Å². The van der Waals surface area contributed by atoms with Crippen LogP contribution in [0.15, 0.2) is 24.4 Å². The van der Waals surface area contributed by atoms with Crippen LogP contribution in [0, 0.1) is 6.92 Å². The number of benzene rings is 1. The first kappa shape index (κ1) is 11.3. The SMILES string of the molecule is Cc1ccc(N)c(C(=O)Cc2cn(C)nn2)c1. The zero-order chi connectivity index (χ0) is 12.4. The fourth-order valence-electron chi connectivity index (χ4n) is 1.65. The van der Waals surface area contributed by atoms with Crippen LogP contribution in [0.25, 0.3) is 0 Å². The Morgan fingerprint density at radius 2 is 2.24 bits per heavy atom. The minimum absolute atomic E-state index is 0.0355. The molecule has 1 heterocycles. The first-order valence-electron chi connectivity index (χ1n) is 5.31. The first-order chi connectivity index (χ1) is 8.06. The predicted octanol–water partition coefficient (Wildman–Crippen LogP) is 1.13. The van der Waals surface area contributed by atoms with E-state index in [1.807, 2.05) is 13.0 Å². The van der Waals surface area contributed by atoms with E-state index < -0.39 is 0 Å². The van der Waals surface area contributed by atoms with E-state index in [-0.39, 0.29) is 12.2 Å². The van der Waals surface area contributed by atoms with Crippen molar-refractivity contribution in [2.24, 2.45) is 7.05 Å². The number of nitrogens with two attached hydrogens (primary N) is 1. The number of carbonyl (C=O) groups is 1. The van der Waals surface area contributed by atoms with E-state index in [1.165, 1.54) is 0 Å². The molecule has 88 valence electrons. The lowest BCUT2D eigenvalue weighted by Crippen LogP contribution is -2.07. The third-order valence-corrected chi connectivity index (χ3v) is 2.50. The highest BCUT2D eigenvalue weighted by Crippen LogP contribution is 2.15. The molecule has 17 heavy (non-hydrogen) atoms. The highest BCUT2D eigenvalue weighted by Gasteiger charge is 2.12. The molecule has 0 fully saturated rings. The van der Waals surface area contributed by atoms with Gasteiger partial charge < -0.3 is 5.73 Å². The molecule has 0 spiro atoms. The highest BCUT2D eigenvalue weighted by molar-refractivity contribution is 6.01. The average Bonchev–Trinajstić information content (AvgIpc) is 2.67. The van der Waals surface area contributed by atoms with Crippen LogP contribution in [-0.4, -0.2) is 20.8 Å². The number of anilines is 1. The summed E-state index contributed by atoms with van der Waals surface area (Å²) in [7, 11) is 1.77. The van der Waals surface area contributed by atoms with Gasteiger partial charge in [-0.05, 0) is 19.1 Å². The molecule has 0 aliphatic carbocycles. The highest BCUT2D eigenvalue weighted by atomic mass is 16.1. The monoisotopic (exact) mass is 230 g/mol. The van der Waals surface area contributed by atoms with Crippen LogP contribution in [0.2, 0.25) is 0 Å². The van der Waals surface area contributed by atoms with Crippen molar-refractivity contribution in [2.75, 3.05) is 5.73 Å². The van der Waals surface area contributed by atoms with Crippen LogP contribution in [0.1, 0.15) is 21.6 Å². The molecule has 2 N–H and O–H groups in total. The van der Waals surface area contributed by atoms with Gasteiger partial charge in [-0.25, -0.2) is 0 Å². The lowest BCUT2D eigenvalue weighted by atomic mass is 10.0. The van der Waals surface area contributed by atoms with E-state index in [0.29, 0.717) is 16.9 Å². The number of Topliss-reactive ketones (excluding diaryl/α,β-unsaturated/α-hetero) is 1. The van der Waals surface area contributed by atoms with Crippen molar-refractivity contribution in [2.45, 2.75) is 13.3 Å². The number of aromatic nitrogens is 3. The van der Waals surface area contributed by atoms with Crippen molar-refractivity contribution in [3.8, 4) is 0 Å². The van der Waals surface area contributed by atoms with Gasteiger partial charge in [-0.2, -0.15) is 0 Å². The van der Waals surface area contributed by atoms with Gasteiger partial charge in [-0.3, -0.25) is 9.48 Å². The summed E-state index contributed by atoms with van der Waals surface area (Å²) in [6.45, 7) is 1.93. The Labute approximate surface area is 99.2 Å². The van der Waals surface area contributed by atoms with Gasteiger partial charge in [0.15, 0.2) is 5.78 Å². The maximum Gasteiger partial charge on any atom is 0.171 e. The molecule has 5 heteroatoms. The number of nitrogens with zero attached hydrogens (tertiary/aromatic N) is 3. The summed E-state index contributed by atoms with van der Waals surface area (Å²) < 4.78 is 1.57. The van der Waals surface area contributed by atoms with E-state index in [9.17, 15) is 4.79 Å². The van der Waals surface area contributed by atoms with Crippen LogP contribution in [0.3, 0.4) is 0 Å². The van der Waals surface area contributed by atoms with Gasteiger partial charge in [0.1, 0.15) is 0 Å². The summed E-state index contributed by atoms with van der Waals surface area (Å²) >= 11 is 0. The Morgan fingerprint density at radius 3 is 2.88 bits per heavy atom. The van der Waals surface area contributed by atoms with Crippen LogP contribution >= 0.6 is 0 Å². The maximum absolute atomic E-state index is 12.0. The van der Waals surface area contributed by atoms with Crippen molar-refractivity contribution in [1.29, 1.82) is 0 Å². The Kier molecular flexibility index (Phi) is 2.91. The molecule has 0 saturated carbocycles. The zero-order valence-corrected chi connectivity index (χ0v) is 9.84. The molecule has 5 nitrogen and oxygen atoms in total. The zero-order valence-electron chi connectivity index (χ0n) is 9.84. The van der Waals surface area contributed by atoms with Crippen molar-refractivity contribution < 1.29 is 4.79 Å². The second kappa shape index (κ2) is 4.37. The third-order valence-electron chi connectivity index (χ3n) is 2.50. The van der Waals surface area contributed by atoms with Gasteiger partial charge in [-0.15, -0.1) is 5.10 Å². The Morgan fingerprint density at radius 1 is 1.47 bits per heavy atom. The molecule has 1 aromatic heterocycles. The molecule has 0 aliphatic heterocycles. The van der Waals surface area contributed by atoms with E-state index in [0.717, 1.165) is 5.56 Å². The number of aryl methyl sites for hydroxylation is 2. The van der Waals surface area contributed by atoms with Gasteiger partial charge in [0.25, 0.3) is 0 Å². The predicted molar refractivity (Wildman–Crippen MR) is 64.6 cm³/mol. The fourth-order valence-corrected chi connectivity index (χ4v) is 1.65. The molecular formula is C12H14N4O. The van der Waals surface area contributed by atoms with E-state index >= 15 is 0 Å². The van der Waals surface area contributed by atoms with Crippen LogP contribution in [0.5, 0.6) is 0 Å². The summed E-state index contributed by atoms with van der Waals surface area (Å²) in [5, 5.41) is 7.67. The molecule has 1 aromatic carbocycles. The summed E-state index contributed by atoms with van der Waals surface area (Å²) in [6, 6.07) is 5.43. The molecule has 0 amide bonds. The third kappa shape index (κ3) is 2.50. The molecule has 2 aromatic rings. The molecule has 0 radical (unpaired) electrons. The van der Waals surface area contributed by atoms with Crippen molar-refractivity contribution >= 4 is 11.5 Å². The molecule has 0 unspecified atom stereocenters. The Bertz CT molecular complexity index is 559. The normalized spacial score (nSPS) is 10.5. The van der Waals surface area contributed by atoms with Crippen LogP contribution in [0.4, 0.5) is 5.69 Å². The lowest BCUT2D eigenvalue weighted by molar-refractivity contribution is 0.0992. The van der Waals surface area contributed by atoms with Gasteiger partial charge >= 0.3 is 0 Å². The van der Waals surface area contributed by atoms with Gasteiger partial charge in [0, 0.05) is 24.5 Å². The number of hydrogen-bond donors (Lipinski definition) is 1. The summed E-state index contributed by atoms with van der Waals surface area (Å²) in [6.07, 6.45) is 1.95. The molecule has 2 rings (SSSR count). The number of carbonyl (C=O) groups excluding carboxylic acids is 1. The summed E-state index contributed by atoms with van der Waals surface area (Å²) in [5.74, 6) is -0.0355. The second-order valence-electron chi connectivity index (χ2n) is 4.07. The topological polar surface area (TPSA) is 73.8 Å². The van der Waals surface area contributed by atoms with E-state index in [4.69, 9.17) is 5.73 Å². The number of hydrogen-bond acceptors (Lipinski definition) is 4. The fraction of sp³-hybridized carbons (Fsp3) is 0.250. The van der Waals surface area contributed by atoms with E-state index in [2.05, 4.69) is 10.3 Å². The molecule has 0 saturated heterocycles. The van der Waals surface area contributed by atoms with Gasteiger partial charge in [0.2, 0.25) is 0 Å². The minimum atomic E-state index is -0.0355. The molecule has 0 bridgehead atoms. The smallest absolute Gasteiger partial charge is 0.171 e. The number of nitrogen functional groups attached to an aromatic ring is 1. The molecule has 0 atom stereocenters.